The zero-order chi connectivity index (χ0) is 13.7. The Morgan fingerprint density at radius 2 is 2.22 bits per heavy atom. The largest absolute Gasteiger partial charge is 0.478 e. The second kappa shape index (κ2) is 6.89. The number of nitrogens with one attached hydrogen (secondary N) is 1. The maximum absolute atomic E-state index is 11.2. The summed E-state index contributed by atoms with van der Waals surface area (Å²) in [6, 6.07) is 5.19. The topological polar surface area (TPSA) is 66.4 Å². The highest BCUT2D eigenvalue weighted by molar-refractivity contribution is 9.10. The van der Waals surface area contributed by atoms with E-state index < -0.39 is 16.8 Å². The molecular weight excluding hydrogens is 318 g/mol. The molecule has 0 bridgehead atoms. The molecule has 0 saturated heterocycles. The van der Waals surface area contributed by atoms with Crippen LogP contribution >= 0.6 is 15.9 Å². The Labute approximate surface area is 117 Å². The van der Waals surface area contributed by atoms with Crippen molar-refractivity contribution in [1.29, 1.82) is 0 Å². The van der Waals surface area contributed by atoms with Gasteiger partial charge in [0.2, 0.25) is 0 Å². The molecule has 100 valence electrons. The van der Waals surface area contributed by atoms with E-state index in [0.717, 1.165) is 6.42 Å². The molecule has 1 aromatic carbocycles. The number of carbonyl (C=O) groups is 1. The number of carboxylic acid groups (broad SMARTS) is 1. The summed E-state index contributed by atoms with van der Waals surface area (Å²) < 4.78 is 11.7. The normalized spacial score (nSPS) is 13.9. The van der Waals surface area contributed by atoms with Crippen LogP contribution in [-0.2, 0) is 10.8 Å². The molecule has 0 heterocycles. The van der Waals surface area contributed by atoms with Crippen LogP contribution in [0.25, 0.3) is 0 Å². The molecule has 2 atom stereocenters. The van der Waals surface area contributed by atoms with E-state index in [4.69, 9.17) is 5.11 Å². The van der Waals surface area contributed by atoms with Gasteiger partial charge in [0.05, 0.1) is 5.56 Å². The van der Waals surface area contributed by atoms with E-state index in [1.54, 1.807) is 24.5 Å². The van der Waals surface area contributed by atoms with Crippen molar-refractivity contribution >= 4 is 38.4 Å². The maximum atomic E-state index is 11.2. The van der Waals surface area contributed by atoms with Crippen LogP contribution in [0, 0.1) is 0 Å². The van der Waals surface area contributed by atoms with Crippen molar-refractivity contribution in [3.8, 4) is 0 Å². The summed E-state index contributed by atoms with van der Waals surface area (Å²) in [7, 11) is -0.852. The van der Waals surface area contributed by atoms with Crippen LogP contribution in [0.3, 0.4) is 0 Å². The predicted octanol–water partition coefficient (Wildman–Crippen LogP) is 2.72. The summed E-state index contributed by atoms with van der Waals surface area (Å²) in [6.45, 7) is 2.51. The minimum Gasteiger partial charge on any atom is -0.478 e. The molecule has 0 aromatic heterocycles. The highest BCUT2D eigenvalue weighted by Gasteiger charge is 2.14. The van der Waals surface area contributed by atoms with Gasteiger partial charge in [0.1, 0.15) is 0 Å². The van der Waals surface area contributed by atoms with Crippen molar-refractivity contribution in [2.75, 3.05) is 18.1 Å². The molecule has 0 aliphatic carbocycles. The predicted molar refractivity (Wildman–Crippen MR) is 77.7 cm³/mol. The highest BCUT2D eigenvalue weighted by Crippen LogP contribution is 2.24. The molecule has 0 saturated carbocycles. The number of carboxylic acids is 1. The van der Waals surface area contributed by atoms with E-state index in [9.17, 15) is 9.00 Å². The van der Waals surface area contributed by atoms with Gasteiger partial charge in [0.15, 0.2) is 0 Å². The summed E-state index contributed by atoms with van der Waals surface area (Å²) in [6.07, 6.45) is 2.40. The Morgan fingerprint density at radius 3 is 2.78 bits per heavy atom. The number of hydrogen-bond acceptors (Lipinski definition) is 3. The molecule has 18 heavy (non-hydrogen) atoms. The van der Waals surface area contributed by atoms with Gasteiger partial charge in [0, 0.05) is 39.0 Å². The van der Waals surface area contributed by atoms with Crippen LogP contribution in [0.4, 0.5) is 5.69 Å². The fourth-order valence-electron chi connectivity index (χ4n) is 1.46. The molecule has 2 unspecified atom stereocenters. The van der Waals surface area contributed by atoms with Crippen molar-refractivity contribution in [1.82, 2.24) is 0 Å². The van der Waals surface area contributed by atoms with E-state index in [2.05, 4.69) is 21.2 Å². The number of benzene rings is 1. The van der Waals surface area contributed by atoms with E-state index in [1.807, 2.05) is 6.92 Å². The molecule has 1 aromatic rings. The lowest BCUT2D eigenvalue weighted by Gasteiger charge is -2.13. The second-order valence-electron chi connectivity index (χ2n) is 3.99. The van der Waals surface area contributed by atoms with Crippen LogP contribution < -0.4 is 5.32 Å². The summed E-state index contributed by atoms with van der Waals surface area (Å²) in [5, 5.41) is 12.3. The van der Waals surface area contributed by atoms with Crippen molar-refractivity contribution < 1.29 is 14.1 Å². The minimum atomic E-state index is -0.975. The van der Waals surface area contributed by atoms with E-state index in [-0.39, 0.29) is 10.8 Å². The minimum absolute atomic E-state index is 0.0953. The van der Waals surface area contributed by atoms with Gasteiger partial charge in [-0.1, -0.05) is 13.0 Å². The average Bonchev–Trinajstić information content (AvgIpc) is 2.28. The summed E-state index contributed by atoms with van der Waals surface area (Å²) >= 11 is 3.22. The van der Waals surface area contributed by atoms with Gasteiger partial charge >= 0.3 is 5.97 Å². The Morgan fingerprint density at radius 1 is 1.56 bits per heavy atom. The van der Waals surface area contributed by atoms with Crippen LogP contribution in [-0.4, -0.2) is 33.3 Å². The quantitative estimate of drug-likeness (QED) is 0.839. The third-order valence-corrected chi connectivity index (χ3v) is 4.69. The van der Waals surface area contributed by atoms with Crippen LogP contribution in [0.5, 0.6) is 0 Å². The number of anilines is 1. The zero-order valence-corrected chi connectivity index (χ0v) is 12.7. The fourth-order valence-corrected chi connectivity index (χ4v) is 2.45. The second-order valence-corrected chi connectivity index (χ2v) is 6.65. The molecule has 6 heteroatoms. The Balaban J connectivity index is 2.71. The van der Waals surface area contributed by atoms with Crippen molar-refractivity contribution in [2.24, 2.45) is 0 Å². The van der Waals surface area contributed by atoms with Crippen molar-refractivity contribution in [3.63, 3.8) is 0 Å². The number of halogens is 1. The smallest absolute Gasteiger partial charge is 0.338 e. The monoisotopic (exact) mass is 333 g/mol. The van der Waals surface area contributed by atoms with Crippen LogP contribution in [0.1, 0.15) is 23.7 Å². The van der Waals surface area contributed by atoms with Crippen molar-refractivity contribution in [2.45, 2.75) is 18.6 Å². The standard InChI is InChI=1S/C12H16BrNO3S/c1-8(18(2)17)6-7-14-10-5-3-4-9(13)11(10)12(15)16/h3-5,8,14H,6-7H2,1-2H3,(H,15,16). The molecular formula is C12H16BrNO3S. The lowest BCUT2D eigenvalue weighted by Crippen LogP contribution is -2.16. The fraction of sp³-hybridized carbons (Fsp3) is 0.417. The summed E-state index contributed by atoms with van der Waals surface area (Å²) in [4.78, 5) is 11.1. The molecule has 0 spiro atoms. The molecule has 0 fully saturated rings. The molecule has 0 aliphatic rings. The van der Waals surface area contributed by atoms with Crippen molar-refractivity contribution in [3.05, 3.63) is 28.2 Å². The third kappa shape index (κ3) is 4.10. The van der Waals surface area contributed by atoms with Crippen LogP contribution in [0.15, 0.2) is 22.7 Å². The number of aromatic carboxylic acids is 1. The maximum Gasteiger partial charge on any atom is 0.338 e. The first-order valence-electron chi connectivity index (χ1n) is 5.51. The Bertz CT molecular complexity index is 465. The molecule has 0 radical (unpaired) electrons. The molecule has 2 N–H and O–H groups in total. The van der Waals surface area contributed by atoms with Gasteiger partial charge < -0.3 is 10.4 Å². The summed E-state index contributed by atoms with van der Waals surface area (Å²) in [5.41, 5.74) is 0.800. The lowest BCUT2D eigenvalue weighted by molar-refractivity contribution is 0.0697. The Kier molecular flexibility index (Phi) is 5.81. The first-order valence-corrected chi connectivity index (χ1v) is 7.92. The van der Waals surface area contributed by atoms with E-state index in [1.165, 1.54) is 0 Å². The molecule has 0 aliphatic heterocycles. The summed E-state index contributed by atoms with van der Waals surface area (Å²) in [5.74, 6) is -0.975. The van der Waals surface area contributed by atoms with Gasteiger partial charge in [0.25, 0.3) is 0 Å². The zero-order valence-electron chi connectivity index (χ0n) is 10.3. The van der Waals surface area contributed by atoms with Gasteiger partial charge in [-0.05, 0) is 34.5 Å². The Hall–Kier alpha value is -0.880. The van der Waals surface area contributed by atoms with Gasteiger partial charge in [-0.15, -0.1) is 0 Å². The lowest BCUT2D eigenvalue weighted by atomic mass is 10.1. The van der Waals surface area contributed by atoms with Gasteiger partial charge in [-0.3, -0.25) is 4.21 Å². The first kappa shape index (κ1) is 15.2. The van der Waals surface area contributed by atoms with E-state index in [0.29, 0.717) is 16.7 Å². The third-order valence-electron chi connectivity index (χ3n) is 2.66. The van der Waals surface area contributed by atoms with Gasteiger partial charge in [-0.2, -0.15) is 0 Å². The first-order chi connectivity index (χ1) is 8.43. The van der Waals surface area contributed by atoms with E-state index >= 15 is 0 Å². The number of hydrogen-bond donors (Lipinski definition) is 2. The molecule has 0 amide bonds. The van der Waals surface area contributed by atoms with Crippen LogP contribution in [0.2, 0.25) is 0 Å². The SMILES string of the molecule is CC(CCNc1cccc(Br)c1C(=O)O)S(C)=O. The van der Waals surface area contributed by atoms with Gasteiger partial charge in [-0.25, -0.2) is 4.79 Å². The molecule has 1 rings (SSSR count). The molecule has 4 nitrogen and oxygen atoms in total. The average molecular weight is 334 g/mol. The highest BCUT2D eigenvalue weighted by atomic mass is 79.9. The number of rotatable bonds is 6.